The Morgan fingerprint density at radius 3 is 2.50 bits per heavy atom. The summed E-state index contributed by atoms with van der Waals surface area (Å²) in [5, 5.41) is 12.0. The Morgan fingerprint density at radius 1 is 1.08 bits per heavy atom. The van der Waals surface area contributed by atoms with Crippen molar-refractivity contribution in [1.82, 2.24) is 10.3 Å². The van der Waals surface area contributed by atoms with E-state index >= 15 is 0 Å². The van der Waals surface area contributed by atoms with Crippen LogP contribution in [0.15, 0.2) is 54.6 Å². The van der Waals surface area contributed by atoms with Gasteiger partial charge in [0.15, 0.2) is 0 Å². The van der Waals surface area contributed by atoms with Crippen LogP contribution in [0.1, 0.15) is 16.1 Å². The number of nitrogens with zero attached hydrogens (tertiary/aromatic N) is 2. The Labute approximate surface area is 149 Å². The average molecular weight is 346 g/mol. The molecule has 0 saturated heterocycles. The van der Waals surface area contributed by atoms with Crippen LogP contribution in [0.2, 0.25) is 0 Å². The minimum absolute atomic E-state index is 0.194. The van der Waals surface area contributed by atoms with Gasteiger partial charge in [-0.2, -0.15) is 5.26 Å². The Kier molecular flexibility index (Phi) is 4.76. The number of amides is 2. The number of nitrogens with two attached hydrogens (primary N) is 1. The zero-order valence-corrected chi connectivity index (χ0v) is 13.6. The number of aromatic nitrogens is 1. The summed E-state index contributed by atoms with van der Waals surface area (Å²) in [6.07, 6.45) is 0. The van der Waals surface area contributed by atoms with Gasteiger partial charge in [0.1, 0.15) is 17.2 Å². The summed E-state index contributed by atoms with van der Waals surface area (Å²) >= 11 is 0. The maximum atomic E-state index is 11.9. The summed E-state index contributed by atoms with van der Waals surface area (Å²) in [5.41, 5.74) is 6.37. The third-order valence-electron chi connectivity index (χ3n) is 3.54. The molecule has 0 bridgehead atoms. The molecule has 1 heterocycles. The topological polar surface area (TPSA) is 118 Å². The molecule has 7 nitrogen and oxygen atoms in total. The number of carbonyl (C=O) groups is 2. The highest BCUT2D eigenvalue weighted by Gasteiger charge is 2.09. The Hall–Kier alpha value is -3.92. The van der Waals surface area contributed by atoms with Crippen molar-refractivity contribution in [2.45, 2.75) is 0 Å². The first-order chi connectivity index (χ1) is 12.5. The van der Waals surface area contributed by atoms with Gasteiger partial charge < -0.3 is 15.8 Å². The van der Waals surface area contributed by atoms with Gasteiger partial charge in [0.25, 0.3) is 5.91 Å². The number of rotatable bonds is 5. The molecule has 0 radical (unpaired) electrons. The molecule has 128 valence electrons. The molecule has 0 spiro atoms. The van der Waals surface area contributed by atoms with Gasteiger partial charge >= 0.3 is 0 Å². The summed E-state index contributed by atoms with van der Waals surface area (Å²) < 4.78 is 5.76. The number of carbonyl (C=O) groups excluding carboxylic acids is 2. The second kappa shape index (κ2) is 7.32. The second-order valence-electron chi connectivity index (χ2n) is 5.44. The predicted molar refractivity (Wildman–Crippen MR) is 94.5 cm³/mol. The van der Waals surface area contributed by atoms with Crippen molar-refractivity contribution in [2.75, 3.05) is 6.54 Å². The summed E-state index contributed by atoms with van der Waals surface area (Å²) in [7, 11) is 0. The van der Waals surface area contributed by atoms with Gasteiger partial charge in [-0.15, -0.1) is 0 Å². The molecule has 3 N–H and O–H groups in total. The minimum Gasteiger partial charge on any atom is -0.457 e. The van der Waals surface area contributed by atoms with E-state index in [0.29, 0.717) is 22.6 Å². The molecular formula is C19H14N4O3. The number of hydrogen-bond acceptors (Lipinski definition) is 5. The molecule has 2 aromatic carbocycles. The van der Waals surface area contributed by atoms with E-state index < -0.39 is 11.8 Å². The molecule has 0 fully saturated rings. The maximum absolute atomic E-state index is 11.9. The van der Waals surface area contributed by atoms with Gasteiger partial charge in [0, 0.05) is 5.39 Å². The van der Waals surface area contributed by atoms with Crippen LogP contribution in [0.3, 0.4) is 0 Å². The Morgan fingerprint density at radius 2 is 1.81 bits per heavy atom. The molecule has 2 amide bonds. The highest BCUT2D eigenvalue weighted by molar-refractivity contribution is 5.96. The molecule has 0 saturated carbocycles. The van der Waals surface area contributed by atoms with E-state index in [1.165, 1.54) is 0 Å². The fourth-order valence-corrected chi connectivity index (χ4v) is 2.29. The van der Waals surface area contributed by atoms with Gasteiger partial charge in [-0.3, -0.25) is 9.59 Å². The average Bonchev–Trinajstić information content (AvgIpc) is 2.66. The van der Waals surface area contributed by atoms with Crippen LogP contribution in [0.25, 0.3) is 10.9 Å². The van der Waals surface area contributed by atoms with Crippen molar-refractivity contribution >= 4 is 22.7 Å². The largest absolute Gasteiger partial charge is 0.457 e. The van der Waals surface area contributed by atoms with Crippen molar-refractivity contribution in [3.63, 3.8) is 0 Å². The second-order valence-corrected chi connectivity index (χ2v) is 5.44. The molecule has 26 heavy (non-hydrogen) atoms. The van der Waals surface area contributed by atoms with Gasteiger partial charge in [-0.1, -0.05) is 6.07 Å². The SMILES string of the molecule is N#Cc1ccc(Oc2ccc3nc(C(=O)NCC(N)=O)ccc3c2)cc1. The Bertz CT molecular complexity index is 1020. The quantitative estimate of drug-likeness (QED) is 0.733. The van der Waals surface area contributed by atoms with Crippen LogP contribution in [0, 0.1) is 11.3 Å². The lowest BCUT2D eigenvalue weighted by Crippen LogP contribution is -2.33. The van der Waals surface area contributed by atoms with Gasteiger partial charge in [-0.25, -0.2) is 4.98 Å². The summed E-state index contributed by atoms with van der Waals surface area (Å²) in [4.78, 5) is 26.9. The molecule has 3 rings (SSSR count). The first kappa shape index (κ1) is 16.9. The highest BCUT2D eigenvalue weighted by atomic mass is 16.5. The van der Waals surface area contributed by atoms with E-state index in [0.717, 1.165) is 5.39 Å². The highest BCUT2D eigenvalue weighted by Crippen LogP contribution is 2.25. The standard InChI is InChI=1S/C19H14N4O3/c20-10-12-1-4-14(5-2-12)26-15-6-8-16-13(9-15)3-7-17(23-16)19(25)22-11-18(21)24/h1-9H,11H2,(H2,21,24)(H,22,25). The fourth-order valence-electron chi connectivity index (χ4n) is 2.29. The number of fused-ring (bicyclic) bond motifs is 1. The van der Waals surface area contributed by atoms with E-state index in [1.807, 2.05) is 6.07 Å². The monoisotopic (exact) mass is 346 g/mol. The number of hydrogen-bond donors (Lipinski definition) is 2. The number of nitrogens with one attached hydrogen (secondary N) is 1. The Balaban J connectivity index is 1.78. The normalized spacial score (nSPS) is 10.1. The lowest BCUT2D eigenvalue weighted by Gasteiger charge is -2.08. The van der Waals surface area contributed by atoms with Crippen molar-refractivity contribution in [2.24, 2.45) is 5.73 Å². The number of pyridine rings is 1. The minimum atomic E-state index is -0.622. The molecular weight excluding hydrogens is 332 g/mol. The number of ether oxygens (including phenoxy) is 1. The molecule has 0 aliphatic rings. The van der Waals surface area contributed by atoms with Gasteiger partial charge in [0.05, 0.1) is 23.7 Å². The van der Waals surface area contributed by atoms with E-state index in [2.05, 4.69) is 10.3 Å². The fraction of sp³-hybridized carbons (Fsp3) is 0.0526. The van der Waals surface area contributed by atoms with E-state index in [9.17, 15) is 9.59 Å². The van der Waals surface area contributed by atoms with E-state index in [4.69, 9.17) is 15.7 Å². The van der Waals surface area contributed by atoms with Gasteiger partial charge in [-0.05, 0) is 48.5 Å². The lowest BCUT2D eigenvalue weighted by atomic mass is 10.2. The first-order valence-corrected chi connectivity index (χ1v) is 7.70. The van der Waals surface area contributed by atoms with Crippen molar-refractivity contribution in [1.29, 1.82) is 5.26 Å². The zero-order chi connectivity index (χ0) is 18.5. The lowest BCUT2D eigenvalue weighted by molar-refractivity contribution is -0.117. The van der Waals surface area contributed by atoms with Crippen LogP contribution in [-0.4, -0.2) is 23.3 Å². The summed E-state index contributed by atoms with van der Waals surface area (Å²) in [6, 6.07) is 17.4. The van der Waals surface area contributed by atoms with Crippen LogP contribution in [-0.2, 0) is 4.79 Å². The summed E-state index contributed by atoms with van der Waals surface area (Å²) in [6.45, 7) is -0.240. The molecule has 0 atom stereocenters. The van der Waals surface area contributed by atoms with Crippen LogP contribution in [0.4, 0.5) is 0 Å². The van der Waals surface area contributed by atoms with Crippen molar-refractivity contribution in [3.8, 4) is 17.6 Å². The van der Waals surface area contributed by atoms with E-state index in [-0.39, 0.29) is 12.2 Å². The smallest absolute Gasteiger partial charge is 0.270 e. The van der Waals surface area contributed by atoms with Crippen LogP contribution < -0.4 is 15.8 Å². The molecule has 0 aliphatic heterocycles. The predicted octanol–water partition coefficient (Wildman–Crippen LogP) is 2.11. The number of primary amides is 1. The number of nitriles is 1. The molecule has 3 aromatic rings. The molecule has 7 heteroatoms. The van der Waals surface area contributed by atoms with Crippen LogP contribution >= 0.6 is 0 Å². The zero-order valence-electron chi connectivity index (χ0n) is 13.6. The number of benzene rings is 2. The van der Waals surface area contributed by atoms with Crippen LogP contribution in [0.5, 0.6) is 11.5 Å². The summed E-state index contributed by atoms with van der Waals surface area (Å²) in [5.74, 6) is 0.126. The van der Waals surface area contributed by atoms with Gasteiger partial charge in [0.2, 0.25) is 5.91 Å². The van der Waals surface area contributed by atoms with E-state index in [1.54, 1.807) is 54.6 Å². The van der Waals surface area contributed by atoms with Crippen molar-refractivity contribution < 1.29 is 14.3 Å². The molecule has 0 unspecified atom stereocenters. The molecule has 1 aromatic heterocycles. The third-order valence-corrected chi connectivity index (χ3v) is 3.54. The maximum Gasteiger partial charge on any atom is 0.270 e. The van der Waals surface area contributed by atoms with Crippen molar-refractivity contribution in [3.05, 3.63) is 65.9 Å². The third kappa shape index (κ3) is 3.94. The molecule has 0 aliphatic carbocycles. The first-order valence-electron chi connectivity index (χ1n) is 7.70.